The van der Waals surface area contributed by atoms with E-state index in [1.54, 1.807) is 0 Å². The molecule has 0 amide bonds. The number of carbonyl (C=O) groups excluding carboxylic acids is 1. The molecule has 0 fully saturated rings. The fraction of sp³-hybridized carbons (Fsp3) is 0.133. The standard InChI is InChI=1S/C15H12O2/c1-10(16)17-9-13-6-5-11-3-2-4-12-7-8-14(13)15(11)12/h2-8H,9H2,1H3. The quantitative estimate of drug-likeness (QED) is 0.624. The van der Waals surface area contributed by atoms with Gasteiger partial charge in [-0.05, 0) is 27.5 Å². The molecule has 1 aliphatic rings. The Morgan fingerprint density at radius 2 is 2.06 bits per heavy atom. The monoisotopic (exact) mass is 224 g/mol. The molecule has 0 unspecified atom stereocenters. The van der Waals surface area contributed by atoms with E-state index in [1.807, 2.05) is 6.07 Å². The second kappa shape index (κ2) is 3.74. The molecule has 0 atom stereocenters. The largest absolute Gasteiger partial charge is 0.461 e. The van der Waals surface area contributed by atoms with Crippen molar-refractivity contribution in [3.8, 4) is 0 Å². The first-order valence-corrected chi connectivity index (χ1v) is 5.62. The van der Waals surface area contributed by atoms with Crippen LogP contribution in [0.5, 0.6) is 0 Å². The van der Waals surface area contributed by atoms with Crippen LogP contribution in [0.1, 0.15) is 23.6 Å². The summed E-state index contributed by atoms with van der Waals surface area (Å²) >= 11 is 0. The van der Waals surface area contributed by atoms with Crippen molar-refractivity contribution in [2.24, 2.45) is 0 Å². The molecule has 2 nitrogen and oxygen atoms in total. The summed E-state index contributed by atoms with van der Waals surface area (Å²) in [4.78, 5) is 10.9. The van der Waals surface area contributed by atoms with Crippen LogP contribution in [-0.2, 0) is 16.1 Å². The topological polar surface area (TPSA) is 26.3 Å². The van der Waals surface area contributed by atoms with Crippen molar-refractivity contribution in [3.05, 3.63) is 47.0 Å². The molecule has 2 heteroatoms. The highest BCUT2D eigenvalue weighted by atomic mass is 16.5. The smallest absolute Gasteiger partial charge is 0.302 e. The molecule has 0 spiro atoms. The van der Waals surface area contributed by atoms with Gasteiger partial charge in [0.25, 0.3) is 0 Å². The molecular formula is C15H12O2. The highest BCUT2D eigenvalue weighted by Gasteiger charge is 2.13. The van der Waals surface area contributed by atoms with E-state index in [-0.39, 0.29) is 5.97 Å². The van der Waals surface area contributed by atoms with Gasteiger partial charge in [0.05, 0.1) is 0 Å². The van der Waals surface area contributed by atoms with Gasteiger partial charge in [-0.2, -0.15) is 0 Å². The van der Waals surface area contributed by atoms with Crippen LogP contribution < -0.4 is 0 Å². The average Bonchev–Trinajstić information content (AvgIpc) is 2.75. The summed E-state index contributed by atoms with van der Waals surface area (Å²) in [5, 5.41) is 2.49. The van der Waals surface area contributed by atoms with E-state index < -0.39 is 0 Å². The molecule has 17 heavy (non-hydrogen) atoms. The van der Waals surface area contributed by atoms with Gasteiger partial charge in [-0.1, -0.05) is 42.5 Å². The molecule has 0 saturated carbocycles. The molecular weight excluding hydrogens is 212 g/mol. The van der Waals surface area contributed by atoms with E-state index in [9.17, 15) is 4.79 Å². The van der Waals surface area contributed by atoms with Crippen LogP contribution in [0.2, 0.25) is 0 Å². The average molecular weight is 224 g/mol. The first-order chi connectivity index (χ1) is 8.25. The number of rotatable bonds is 2. The second-order valence-electron chi connectivity index (χ2n) is 4.20. The highest BCUT2D eigenvalue weighted by molar-refractivity contribution is 6.05. The van der Waals surface area contributed by atoms with Crippen LogP contribution in [0.4, 0.5) is 0 Å². The minimum Gasteiger partial charge on any atom is -0.461 e. The lowest BCUT2D eigenvalue weighted by Crippen LogP contribution is -2.00. The Bertz CT molecular complexity index is 639. The SMILES string of the molecule is CC(=O)OCc1ccc2cccc3c2c1C=C3. The molecule has 0 aromatic heterocycles. The Morgan fingerprint density at radius 3 is 2.88 bits per heavy atom. The van der Waals surface area contributed by atoms with Gasteiger partial charge in [0.15, 0.2) is 0 Å². The molecule has 0 heterocycles. The Kier molecular flexibility index (Phi) is 2.22. The van der Waals surface area contributed by atoms with E-state index in [0.29, 0.717) is 6.61 Å². The summed E-state index contributed by atoms with van der Waals surface area (Å²) in [7, 11) is 0. The van der Waals surface area contributed by atoms with Crippen molar-refractivity contribution in [2.45, 2.75) is 13.5 Å². The molecule has 2 aromatic rings. The molecule has 0 bridgehead atoms. The Balaban J connectivity index is 2.12. The zero-order valence-electron chi connectivity index (χ0n) is 9.57. The lowest BCUT2D eigenvalue weighted by molar-refractivity contribution is -0.142. The summed E-state index contributed by atoms with van der Waals surface area (Å²) in [6, 6.07) is 10.4. The first-order valence-electron chi connectivity index (χ1n) is 5.62. The Hall–Kier alpha value is -2.09. The maximum atomic E-state index is 10.9. The maximum Gasteiger partial charge on any atom is 0.302 e. The summed E-state index contributed by atoms with van der Waals surface area (Å²) in [6.07, 6.45) is 4.20. The molecule has 0 radical (unpaired) electrons. The third kappa shape index (κ3) is 1.62. The molecule has 0 saturated heterocycles. The predicted molar refractivity (Wildman–Crippen MR) is 68.3 cm³/mol. The van der Waals surface area contributed by atoms with Gasteiger partial charge in [0.2, 0.25) is 0 Å². The van der Waals surface area contributed by atoms with Gasteiger partial charge >= 0.3 is 5.97 Å². The fourth-order valence-electron chi connectivity index (χ4n) is 2.29. The number of hydrogen-bond acceptors (Lipinski definition) is 2. The van der Waals surface area contributed by atoms with Gasteiger partial charge in [0, 0.05) is 6.92 Å². The van der Waals surface area contributed by atoms with Gasteiger partial charge in [-0.3, -0.25) is 4.79 Å². The Morgan fingerprint density at radius 1 is 1.18 bits per heavy atom. The van der Waals surface area contributed by atoms with Crippen molar-refractivity contribution >= 4 is 28.9 Å². The summed E-state index contributed by atoms with van der Waals surface area (Å²) in [5.74, 6) is -0.243. The van der Waals surface area contributed by atoms with Crippen molar-refractivity contribution in [1.29, 1.82) is 0 Å². The van der Waals surface area contributed by atoms with Crippen LogP contribution in [0.3, 0.4) is 0 Å². The van der Waals surface area contributed by atoms with Gasteiger partial charge in [0.1, 0.15) is 6.61 Å². The van der Waals surface area contributed by atoms with Gasteiger partial charge in [-0.25, -0.2) is 0 Å². The molecule has 1 aliphatic carbocycles. The number of benzene rings is 2. The van der Waals surface area contributed by atoms with Crippen LogP contribution >= 0.6 is 0 Å². The van der Waals surface area contributed by atoms with Crippen molar-refractivity contribution in [2.75, 3.05) is 0 Å². The Labute approximate surface area is 99.5 Å². The van der Waals surface area contributed by atoms with Crippen molar-refractivity contribution in [1.82, 2.24) is 0 Å². The zero-order valence-corrected chi connectivity index (χ0v) is 9.57. The van der Waals surface area contributed by atoms with Crippen LogP contribution in [0, 0.1) is 0 Å². The lowest BCUT2D eigenvalue weighted by Gasteiger charge is -2.08. The normalized spacial score (nSPS) is 12.1. The minimum absolute atomic E-state index is 0.243. The predicted octanol–water partition coefficient (Wildman–Crippen LogP) is 3.39. The van der Waals surface area contributed by atoms with E-state index in [0.717, 1.165) is 5.56 Å². The third-order valence-corrected chi connectivity index (χ3v) is 3.07. The van der Waals surface area contributed by atoms with E-state index in [4.69, 9.17) is 4.74 Å². The molecule has 0 N–H and O–H groups in total. The fourth-order valence-corrected chi connectivity index (χ4v) is 2.29. The van der Waals surface area contributed by atoms with Crippen LogP contribution in [0.25, 0.3) is 22.9 Å². The van der Waals surface area contributed by atoms with E-state index in [2.05, 4.69) is 36.4 Å². The summed E-state index contributed by atoms with van der Waals surface area (Å²) in [5.41, 5.74) is 3.48. The summed E-state index contributed by atoms with van der Waals surface area (Å²) < 4.78 is 5.07. The second-order valence-corrected chi connectivity index (χ2v) is 4.20. The minimum atomic E-state index is -0.243. The molecule has 0 aliphatic heterocycles. The lowest BCUT2D eigenvalue weighted by atomic mass is 10.00. The van der Waals surface area contributed by atoms with Crippen molar-refractivity contribution < 1.29 is 9.53 Å². The maximum absolute atomic E-state index is 10.9. The number of hydrogen-bond donors (Lipinski definition) is 0. The number of ether oxygens (including phenoxy) is 1. The molecule has 3 rings (SSSR count). The van der Waals surface area contributed by atoms with Crippen molar-refractivity contribution in [3.63, 3.8) is 0 Å². The van der Waals surface area contributed by atoms with E-state index in [1.165, 1.54) is 28.8 Å². The zero-order chi connectivity index (χ0) is 11.8. The van der Waals surface area contributed by atoms with Gasteiger partial charge in [-0.15, -0.1) is 0 Å². The van der Waals surface area contributed by atoms with E-state index >= 15 is 0 Å². The number of esters is 1. The highest BCUT2D eigenvalue weighted by Crippen LogP contribution is 2.33. The van der Waals surface area contributed by atoms with Crippen LogP contribution in [0.15, 0.2) is 30.3 Å². The number of carbonyl (C=O) groups is 1. The summed E-state index contributed by atoms with van der Waals surface area (Å²) in [6.45, 7) is 1.78. The van der Waals surface area contributed by atoms with Crippen LogP contribution in [-0.4, -0.2) is 5.97 Å². The third-order valence-electron chi connectivity index (χ3n) is 3.07. The molecule has 2 aromatic carbocycles. The first kappa shape index (κ1) is 10.1. The molecule has 84 valence electrons. The van der Waals surface area contributed by atoms with Gasteiger partial charge < -0.3 is 4.74 Å².